The van der Waals surface area contributed by atoms with Crippen molar-refractivity contribution >= 4 is 12.4 Å². The third kappa shape index (κ3) is 14.4. The Hall–Kier alpha value is -2.12. The molecule has 0 atom stereocenters. The number of pyridine rings is 1. The molecule has 16 heavy (non-hydrogen) atoms. The number of hydrogen-bond donors (Lipinski definition) is 2. The van der Waals surface area contributed by atoms with Crippen molar-refractivity contribution in [2.45, 2.75) is 6.18 Å². The van der Waals surface area contributed by atoms with Crippen molar-refractivity contribution in [1.82, 2.24) is 4.98 Å². The predicted octanol–water partition coefficient (Wildman–Crippen LogP) is 0.816. The maximum Gasteiger partial charge on any atom is 0.490 e. The Balaban J connectivity index is 0. The van der Waals surface area contributed by atoms with Gasteiger partial charge in [0.25, 0.3) is 0 Å². The summed E-state index contributed by atoms with van der Waals surface area (Å²) in [6, 6.07) is 5.72. The highest BCUT2D eigenvalue weighted by Crippen LogP contribution is 2.13. The van der Waals surface area contributed by atoms with Gasteiger partial charge in [-0.05, 0) is 12.1 Å². The van der Waals surface area contributed by atoms with Crippen LogP contribution in [0, 0.1) is 0 Å². The molecule has 1 heterocycles. The highest BCUT2D eigenvalue weighted by molar-refractivity contribution is 5.73. The molecule has 0 radical (unpaired) electrons. The van der Waals surface area contributed by atoms with Gasteiger partial charge in [-0.15, -0.1) is 0 Å². The van der Waals surface area contributed by atoms with Crippen LogP contribution in [0.5, 0.6) is 0 Å². The zero-order valence-electron chi connectivity index (χ0n) is 7.89. The first-order chi connectivity index (χ1) is 7.36. The fourth-order valence-electron chi connectivity index (χ4n) is 0.313. The molecule has 1 aromatic rings. The van der Waals surface area contributed by atoms with Crippen molar-refractivity contribution in [3.63, 3.8) is 0 Å². The lowest BCUT2D eigenvalue weighted by atomic mass is 10.5. The topological polar surface area (TPSA) is 93.3 Å². The second-order valence-corrected chi connectivity index (χ2v) is 1.96. The van der Waals surface area contributed by atoms with Gasteiger partial charge in [0, 0.05) is 12.4 Å². The zero-order chi connectivity index (χ0) is 13.0. The first-order valence-corrected chi connectivity index (χ1v) is 3.66. The summed E-state index contributed by atoms with van der Waals surface area (Å²) in [6.07, 6.45) is -1.33. The molecule has 1 aromatic heterocycles. The number of nitrogens with zero attached hydrogens (tertiary/aromatic N) is 1. The fourth-order valence-corrected chi connectivity index (χ4v) is 0.313. The van der Waals surface area contributed by atoms with Gasteiger partial charge in [-0.2, -0.15) is 13.2 Å². The molecule has 0 saturated heterocycles. The number of carboxylic acids is 1. The summed E-state index contributed by atoms with van der Waals surface area (Å²) in [4.78, 5) is 21.3. The first kappa shape index (κ1) is 16.3. The van der Waals surface area contributed by atoms with Crippen molar-refractivity contribution in [3.05, 3.63) is 30.6 Å². The quantitative estimate of drug-likeness (QED) is 0.654. The van der Waals surface area contributed by atoms with Gasteiger partial charge < -0.3 is 10.8 Å². The highest BCUT2D eigenvalue weighted by atomic mass is 19.4. The number of rotatable bonds is 0. The van der Waals surface area contributed by atoms with Crippen molar-refractivity contribution in [2.24, 2.45) is 5.73 Å². The zero-order valence-corrected chi connectivity index (χ0v) is 7.89. The summed E-state index contributed by atoms with van der Waals surface area (Å²) in [5.74, 6) is -2.76. The van der Waals surface area contributed by atoms with E-state index in [9.17, 15) is 13.2 Å². The van der Waals surface area contributed by atoms with Crippen molar-refractivity contribution < 1.29 is 27.9 Å². The van der Waals surface area contributed by atoms with E-state index >= 15 is 0 Å². The summed E-state index contributed by atoms with van der Waals surface area (Å²) < 4.78 is 31.7. The molecule has 5 nitrogen and oxygen atoms in total. The number of halogens is 3. The van der Waals surface area contributed by atoms with E-state index in [0.29, 0.717) is 0 Å². The van der Waals surface area contributed by atoms with Gasteiger partial charge in [-0.25, -0.2) is 4.79 Å². The molecular formula is C8H9F3N2O3. The van der Waals surface area contributed by atoms with Crippen LogP contribution in [-0.2, 0) is 9.59 Å². The minimum absolute atomic E-state index is 0.250. The summed E-state index contributed by atoms with van der Waals surface area (Å²) in [5.41, 5.74) is 4.17. The molecule has 0 fully saturated rings. The third-order valence-electron chi connectivity index (χ3n) is 0.809. The molecule has 1 rings (SSSR count). The molecule has 8 heteroatoms. The van der Waals surface area contributed by atoms with Crippen LogP contribution in [0.2, 0.25) is 0 Å². The molecule has 0 aliphatic heterocycles. The smallest absolute Gasteiger partial charge is 0.475 e. The van der Waals surface area contributed by atoms with Gasteiger partial charge in [0.15, 0.2) is 0 Å². The van der Waals surface area contributed by atoms with E-state index in [0.717, 1.165) is 0 Å². The molecule has 0 aliphatic carbocycles. The summed E-state index contributed by atoms with van der Waals surface area (Å²) in [7, 11) is 0. The van der Waals surface area contributed by atoms with Gasteiger partial charge in [0.1, 0.15) is 0 Å². The van der Waals surface area contributed by atoms with Crippen LogP contribution >= 0.6 is 0 Å². The number of amides is 1. The monoisotopic (exact) mass is 238 g/mol. The average molecular weight is 238 g/mol. The van der Waals surface area contributed by atoms with Crippen LogP contribution in [0.1, 0.15) is 0 Å². The standard InChI is InChI=1S/C5H5N.C2HF3O2.CH3NO/c1-2-4-6-5-3-1;3-2(4,5)1(6)7;2-1-3/h1-5H;(H,6,7);1H,(H2,2,3). The van der Waals surface area contributed by atoms with Crippen LogP contribution in [0.3, 0.4) is 0 Å². The number of carbonyl (C=O) groups is 2. The average Bonchev–Trinajstić information content (AvgIpc) is 2.21. The summed E-state index contributed by atoms with van der Waals surface area (Å²) in [5, 5.41) is 7.12. The van der Waals surface area contributed by atoms with Gasteiger partial charge in [-0.1, -0.05) is 6.07 Å². The van der Waals surface area contributed by atoms with E-state index in [-0.39, 0.29) is 6.41 Å². The van der Waals surface area contributed by atoms with Crippen LogP contribution in [-0.4, -0.2) is 28.6 Å². The molecule has 0 aromatic carbocycles. The molecule has 3 N–H and O–H groups in total. The molecule has 1 amide bonds. The Bertz CT molecular complexity index is 264. The highest BCUT2D eigenvalue weighted by Gasteiger charge is 2.38. The number of primary amides is 1. The number of aliphatic carboxylic acids is 1. The van der Waals surface area contributed by atoms with Crippen LogP contribution < -0.4 is 5.73 Å². The number of alkyl halides is 3. The number of carboxylic acid groups (broad SMARTS) is 1. The number of carbonyl (C=O) groups excluding carboxylic acids is 1. The van der Waals surface area contributed by atoms with Crippen LogP contribution in [0.25, 0.3) is 0 Å². The van der Waals surface area contributed by atoms with Gasteiger partial charge in [0.05, 0.1) is 0 Å². The Morgan fingerprint density at radius 2 is 1.56 bits per heavy atom. The van der Waals surface area contributed by atoms with E-state index < -0.39 is 12.1 Å². The lowest BCUT2D eigenvalue weighted by Gasteiger charge is -1.93. The molecular weight excluding hydrogens is 229 g/mol. The largest absolute Gasteiger partial charge is 0.490 e. The van der Waals surface area contributed by atoms with Crippen LogP contribution in [0.4, 0.5) is 13.2 Å². The van der Waals surface area contributed by atoms with Crippen molar-refractivity contribution in [2.75, 3.05) is 0 Å². The van der Waals surface area contributed by atoms with E-state index in [1.807, 2.05) is 18.2 Å². The van der Waals surface area contributed by atoms with Gasteiger partial charge in [-0.3, -0.25) is 9.78 Å². The molecule has 0 spiro atoms. The number of nitrogens with two attached hydrogens (primary N) is 1. The lowest BCUT2D eigenvalue weighted by molar-refractivity contribution is -0.192. The Morgan fingerprint density at radius 1 is 1.25 bits per heavy atom. The number of aromatic nitrogens is 1. The molecule has 90 valence electrons. The predicted molar refractivity (Wildman–Crippen MR) is 48.2 cm³/mol. The molecule has 0 unspecified atom stereocenters. The van der Waals surface area contributed by atoms with Gasteiger partial charge in [0.2, 0.25) is 6.41 Å². The molecule has 0 saturated carbocycles. The normalized spacial score (nSPS) is 8.69. The van der Waals surface area contributed by atoms with E-state index in [1.165, 1.54) is 0 Å². The minimum atomic E-state index is -5.08. The second-order valence-electron chi connectivity index (χ2n) is 1.96. The first-order valence-electron chi connectivity index (χ1n) is 3.66. The Morgan fingerprint density at radius 3 is 1.62 bits per heavy atom. The summed E-state index contributed by atoms with van der Waals surface area (Å²) >= 11 is 0. The van der Waals surface area contributed by atoms with Crippen molar-refractivity contribution in [1.29, 1.82) is 0 Å². The third-order valence-corrected chi connectivity index (χ3v) is 0.809. The number of hydrogen-bond acceptors (Lipinski definition) is 3. The van der Waals surface area contributed by atoms with E-state index in [4.69, 9.17) is 14.7 Å². The molecule has 0 bridgehead atoms. The maximum atomic E-state index is 10.6. The summed E-state index contributed by atoms with van der Waals surface area (Å²) in [6.45, 7) is 0. The van der Waals surface area contributed by atoms with Gasteiger partial charge >= 0.3 is 12.1 Å². The Kier molecular flexibility index (Phi) is 9.62. The lowest BCUT2D eigenvalue weighted by Crippen LogP contribution is -2.21. The van der Waals surface area contributed by atoms with E-state index in [1.54, 1.807) is 12.4 Å². The molecule has 0 aliphatic rings. The van der Waals surface area contributed by atoms with E-state index in [2.05, 4.69) is 10.7 Å². The van der Waals surface area contributed by atoms with Crippen molar-refractivity contribution in [3.8, 4) is 0 Å². The fraction of sp³-hybridized carbons (Fsp3) is 0.125. The minimum Gasteiger partial charge on any atom is -0.475 e. The van der Waals surface area contributed by atoms with Crippen LogP contribution in [0.15, 0.2) is 30.6 Å². The second kappa shape index (κ2) is 9.44. The maximum absolute atomic E-state index is 10.6. The Labute approximate surface area is 88.7 Å². The SMILES string of the molecule is NC=O.O=C(O)C(F)(F)F.c1ccncc1.